The Labute approximate surface area is 426 Å². The summed E-state index contributed by atoms with van der Waals surface area (Å²) in [6.07, 6.45) is 6.76. The molecule has 2 heterocycles. The molecule has 8 atom stereocenters. The van der Waals surface area contributed by atoms with Crippen molar-refractivity contribution < 1.29 is 38.4 Å². The number of piperidine rings is 1. The molecule has 396 valence electrons. The van der Waals surface area contributed by atoms with Crippen molar-refractivity contribution >= 4 is 47.3 Å². The number of rotatable bonds is 20. The van der Waals surface area contributed by atoms with Crippen LogP contribution < -0.4 is 42.5 Å². The molecular formula is C54H82N10O8. The van der Waals surface area contributed by atoms with E-state index in [9.17, 15) is 38.4 Å². The Morgan fingerprint density at radius 3 is 1.90 bits per heavy atom. The highest BCUT2D eigenvalue weighted by Gasteiger charge is 2.46. The van der Waals surface area contributed by atoms with Crippen LogP contribution in [0.5, 0.6) is 0 Å². The van der Waals surface area contributed by atoms with Crippen molar-refractivity contribution in [2.24, 2.45) is 10.8 Å². The summed E-state index contributed by atoms with van der Waals surface area (Å²) in [4.78, 5) is 113. The minimum absolute atomic E-state index is 0.0166. The third-order valence-corrected chi connectivity index (χ3v) is 14.3. The molecule has 18 nitrogen and oxygen atoms in total. The minimum Gasteiger partial charge on any atom is -0.352 e. The Balaban J connectivity index is 1.23. The molecule has 0 aromatic heterocycles. The number of aryl methyl sites for hydroxylation is 1. The van der Waals surface area contributed by atoms with Gasteiger partial charge in [0.25, 0.3) is 11.8 Å². The third-order valence-electron chi connectivity index (χ3n) is 14.3. The van der Waals surface area contributed by atoms with Gasteiger partial charge in [0.15, 0.2) is 0 Å². The highest BCUT2D eigenvalue weighted by molar-refractivity contribution is 6.00. The zero-order chi connectivity index (χ0) is 52.9. The normalized spacial score (nSPS) is 20.1. The number of amides is 8. The number of likely N-dealkylation sites (N-methyl/N-ethyl adjacent to an activating group) is 2. The summed E-state index contributed by atoms with van der Waals surface area (Å²) in [6, 6.07) is 8.65. The van der Waals surface area contributed by atoms with Crippen molar-refractivity contribution in [1.82, 2.24) is 52.3 Å². The highest BCUT2D eigenvalue weighted by atomic mass is 16.2. The van der Waals surface area contributed by atoms with Gasteiger partial charge in [0.05, 0.1) is 18.1 Å². The minimum atomic E-state index is -0.975. The number of nitrogens with one attached hydrogen (secondary N) is 8. The van der Waals surface area contributed by atoms with E-state index in [0.717, 1.165) is 44.1 Å². The summed E-state index contributed by atoms with van der Waals surface area (Å²) in [7, 11) is 3.31. The lowest BCUT2D eigenvalue weighted by Crippen LogP contribution is -2.59. The van der Waals surface area contributed by atoms with E-state index in [1.807, 2.05) is 64.6 Å². The number of fused-ring (bicyclic) bond motifs is 1. The third kappa shape index (κ3) is 15.3. The quantitative estimate of drug-likeness (QED) is 0.0902. The van der Waals surface area contributed by atoms with Crippen LogP contribution in [-0.4, -0.2) is 140 Å². The molecular weight excluding hydrogens is 917 g/mol. The van der Waals surface area contributed by atoms with Crippen molar-refractivity contribution in [3.63, 3.8) is 0 Å². The molecule has 8 N–H and O–H groups in total. The average molecular weight is 999 g/mol. The van der Waals surface area contributed by atoms with Crippen LogP contribution >= 0.6 is 0 Å². The molecule has 0 radical (unpaired) electrons. The Hall–Kier alpha value is -5.88. The molecule has 8 amide bonds. The van der Waals surface area contributed by atoms with E-state index >= 15 is 0 Å². The SMILES string of the molecule is CN[C@@H](C)C(=O)N[C@@H](CCCCNC(=O)c1cccc(C(=O)N[C@H]2C[C@@H](C(=O)N[C@@H]3CCCc4ccccc43)N(C(=O)[C@@H](NC(=O)[C@H](C)NC)C(C)(C)C)C2)c1)C(=O)NC(C(=O)N1CCCCC1)C(C)(C)C. The number of unbranched alkanes of at least 4 members (excludes halogenated alkanes) is 1. The molecule has 2 aromatic rings. The molecule has 2 aromatic carbocycles. The van der Waals surface area contributed by atoms with Crippen LogP contribution in [0, 0.1) is 10.8 Å². The van der Waals surface area contributed by atoms with Crippen molar-refractivity contribution in [3.8, 4) is 0 Å². The Morgan fingerprint density at radius 2 is 1.26 bits per heavy atom. The molecule has 1 unspecified atom stereocenters. The van der Waals surface area contributed by atoms with Gasteiger partial charge in [-0.25, -0.2) is 0 Å². The van der Waals surface area contributed by atoms with E-state index in [0.29, 0.717) is 25.9 Å². The molecule has 18 heteroatoms. The van der Waals surface area contributed by atoms with Gasteiger partial charge in [0.2, 0.25) is 35.4 Å². The van der Waals surface area contributed by atoms with Crippen LogP contribution in [0.2, 0.25) is 0 Å². The van der Waals surface area contributed by atoms with Crippen LogP contribution in [0.4, 0.5) is 0 Å². The van der Waals surface area contributed by atoms with E-state index < -0.39 is 76.8 Å². The number of benzene rings is 2. The van der Waals surface area contributed by atoms with Gasteiger partial charge in [-0.05, 0) is 132 Å². The molecule has 0 spiro atoms. The number of likely N-dealkylation sites (tertiary alicyclic amines) is 2. The van der Waals surface area contributed by atoms with E-state index in [4.69, 9.17) is 0 Å². The molecule has 1 aliphatic carbocycles. The van der Waals surface area contributed by atoms with Gasteiger partial charge in [-0.15, -0.1) is 0 Å². The van der Waals surface area contributed by atoms with E-state index in [2.05, 4.69) is 48.6 Å². The zero-order valence-electron chi connectivity index (χ0n) is 44.3. The molecule has 0 saturated carbocycles. The maximum absolute atomic E-state index is 14.6. The maximum atomic E-state index is 14.6. The van der Waals surface area contributed by atoms with Crippen LogP contribution in [-0.2, 0) is 35.2 Å². The van der Waals surface area contributed by atoms with E-state index in [-0.39, 0.29) is 66.7 Å². The molecule has 0 bridgehead atoms. The summed E-state index contributed by atoms with van der Waals surface area (Å²) in [6.45, 7) is 16.2. The van der Waals surface area contributed by atoms with Gasteiger partial charge < -0.3 is 52.3 Å². The second kappa shape index (κ2) is 25.7. The van der Waals surface area contributed by atoms with E-state index in [1.165, 1.54) is 16.5 Å². The number of hydrogen-bond donors (Lipinski definition) is 8. The zero-order valence-corrected chi connectivity index (χ0v) is 44.3. The molecule has 3 aliphatic rings. The molecule has 72 heavy (non-hydrogen) atoms. The first-order valence-electron chi connectivity index (χ1n) is 26.0. The second-order valence-electron chi connectivity index (χ2n) is 22.0. The summed E-state index contributed by atoms with van der Waals surface area (Å²) < 4.78 is 0. The first-order valence-corrected chi connectivity index (χ1v) is 26.0. The first-order chi connectivity index (χ1) is 34.0. The fraction of sp³-hybridized carbons (Fsp3) is 0.630. The maximum Gasteiger partial charge on any atom is 0.251 e. The summed E-state index contributed by atoms with van der Waals surface area (Å²) >= 11 is 0. The molecule has 5 rings (SSSR count). The molecule has 2 aliphatic heterocycles. The Morgan fingerprint density at radius 1 is 0.667 bits per heavy atom. The van der Waals surface area contributed by atoms with Gasteiger partial charge in [0.1, 0.15) is 24.2 Å². The monoisotopic (exact) mass is 999 g/mol. The number of nitrogens with zero attached hydrogens (tertiary/aromatic N) is 2. The van der Waals surface area contributed by atoms with Crippen molar-refractivity contribution in [2.45, 2.75) is 168 Å². The first kappa shape index (κ1) is 57.0. The van der Waals surface area contributed by atoms with Crippen LogP contribution in [0.15, 0.2) is 48.5 Å². The van der Waals surface area contributed by atoms with Crippen molar-refractivity contribution in [3.05, 3.63) is 70.8 Å². The van der Waals surface area contributed by atoms with Gasteiger partial charge in [-0.2, -0.15) is 0 Å². The number of carbonyl (C=O) groups excluding carboxylic acids is 8. The predicted molar refractivity (Wildman–Crippen MR) is 276 cm³/mol. The smallest absolute Gasteiger partial charge is 0.251 e. The topological polar surface area (TPSA) is 239 Å². The Kier molecular flexibility index (Phi) is 20.3. The summed E-state index contributed by atoms with van der Waals surface area (Å²) in [5.41, 5.74) is 1.36. The van der Waals surface area contributed by atoms with Crippen molar-refractivity contribution in [1.29, 1.82) is 0 Å². The lowest BCUT2D eigenvalue weighted by Gasteiger charge is -2.37. The van der Waals surface area contributed by atoms with Gasteiger partial charge in [-0.1, -0.05) is 71.9 Å². The lowest BCUT2D eigenvalue weighted by molar-refractivity contribution is -0.144. The average Bonchev–Trinajstić information content (AvgIpc) is 3.79. The predicted octanol–water partition coefficient (Wildman–Crippen LogP) is 3.25. The number of hydrogen-bond acceptors (Lipinski definition) is 10. The van der Waals surface area contributed by atoms with Crippen LogP contribution in [0.3, 0.4) is 0 Å². The lowest BCUT2D eigenvalue weighted by atomic mass is 9.85. The van der Waals surface area contributed by atoms with Gasteiger partial charge in [-0.3, -0.25) is 38.4 Å². The van der Waals surface area contributed by atoms with Crippen molar-refractivity contribution in [2.75, 3.05) is 40.3 Å². The van der Waals surface area contributed by atoms with Gasteiger partial charge >= 0.3 is 0 Å². The fourth-order valence-electron chi connectivity index (χ4n) is 9.55. The van der Waals surface area contributed by atoms with Crippen LogP contribution in [0.25, 0.3) is 0 Å². The van der Waals surface area contributed by atoms with Gasteiger partial charge in [0, 0.05) is 43.3 Å². The van der Waals surface area contributed by atoms with Crippen LogP contribution in [0.1, 0.15) is 151 Å². The Bertz CT molecular complexity index is 2250. The summed E-state index contributed by atoms with van der Waals surface area (Å²) in [5, 5.41) is 23.6. The number of carbonyl (C=O) groups is 8. The van der Waals surface area contributed by atoms with E-state index in [1.54, 1.807) is 46.1 Å². The summed E-state index contributed by atoms with van der Waals surface area (Å²) in [5.74, 6) is -2.98. The molecule has 2 saturated heterocycles. The second-order valence-corrected chi connectivity index (χ2v) is 22.0. The largest absolute Gasteiger partial charge is 0.352 e. The standard InChI is InChI=1S/C54H82N10O8/c1-33(55-9)45(65)60-41(49(69)62-43(53(3,4)5)51(71)63-28-16-11-17-29-63)25-14-15-27-57-47(67)36-22-18-23-37(30-36)48(68)58-38-31-42(50(70)59-40-26-19-21-35-20-12-13-24-39(35)40)64(32-38)52(72)44(54(6,7)8)61-46(66)34(2)56-10/h12-13,18,20,22-24,30,33-34,38,40-44,55-56H,11,14-17,19,21,25-29,31-32H2,1-10H3,(H,57,67)(H,58,68)(H,59,70)(H,60,65)(H,61,66)(H,62,69)/t33-,34-,38-,40+,41-,42-,43?,44+/m0/s1. The fourth-order valence-corrected chi connectivity index (χ4v) is 9.55. The molecule has 2 fully saturated rings. The highest BCUT2D eigenvalue weighted by Crippen LogP contribution is 2.32.